The van der Waals surface area contributed by atoms with E-state index < -0.39 is 0 Å². The predicted molar refractivity (Wildman–Crippen MR) is 67.8 cm³/mol. The van der Waals surface area contributed by atoms with Crippen LogP contribution < -0.4 is 5.73 Å². The zero-order valence-electron chi connectivity index (χ0n) is 9.63. The molecule has 1 aromatic heterocycles. The van der Waals surface area contributed by atoms with Crippen molar-refractivity contribution in [1.82, 2.24) is 9.55 Å². The smallest absolute Gasteiger partial charge is 0.109 e. The summed E-state index contributed by atoms with van der Waals surface area (Å²) >= 11 is 6.08. The van der Waals surface area contributed by atoms with E-state index in [1.165, 1.54) is 0 Å². The molecule has 0 radical (unpaired) electrons. The minimum atomic E-state index is 0.697. The average molecular weight is 238 g/mol. The first-order valence-corrected chi connectivity index (χ1v) is 5.83. The number of aryl methyl sites for hydroxylation is 3. The quantitative estimate of drug-likeness (QED) is 0.891. The van der Waals surface area contributed by atoms with E-state index in [1.54, 1.807) is 0 Å². The number of halogens is 1. The molecular weight excluding hydrogens is 222 g/mol. The molecule has 0 aliphatic carbocycles. The molecule has 0 fully saturated rings. The molecule has 16 heavy (non-hydrogen) atoms. The van der Waals surface area contributed by atoms with Crippen LogP contribution in [0.3, 0.4) is 0 Å². The van der Waals surface area contributed by atoms with Gasteiger partial charge in [-0.2, -0.15) is 0 Å². The fraction of sp³-hybridized carbons (Fsp3) is 0.417. The van der Waals surface area contributed by atoms with E-state index in [9.17, 15) is 0 Å². The van der Waals surface area contributed by atoms with Crippen LogP contribution in [0.15, 0.2) is 12.1 Å². The Morgan fingerprint density at radius 1 is 1.44 bits per heavy atom. The number of fused-ring (bicyclic) bond motifs is 1. The van der Waals surface area contributed by atoms with Crippen molar-refractivity contribution in [2.24, 2.45) is 12.8 Å². The Bertz CT molecular complexity index is 516. The van der Waals surface area contributed by atoms with Gasteiger partial charge < -0.3 is 10.3 Å². The summed E-state index contributed by atoms with van der Waals surface area (Å²) in [5.74, 6) is 1.07. The van der Waals surface area contributed by atoms with Gasteiger partial charge in [-0.1, -0.05) is 11.6 Å². The molecule has 0 aliphatic rings. The van der Waals surface area contributed by atoms with Gasteiger partial charge in [0.2, 0.25) is 0 Å². The molecule has 1 heterocycles. The van der Waals surface area contributed by atoms with E-state index in [2.05, 4.69) is 9.55 Å². The van der Waals surface area contributed by atoms with Gasteiger partial charge in [0.25, 0.3) is 0 Å². The highest BCUT2D eigenvalue weighted by molar-refractivity contribution is 6.32. The lowest BCUT2D eigenvalue weighted by Gasteiger charge is -2.01. The summed E-state index contributed by atoms with van der Waals surface area (Å²) in [6.07, 6.45) is 1.88. The van der Waals surface area contributed by atoms with Crippen LogP contribution in [0.2, 0.25) is 5.02 Å². The largest absolute Gasteiger partial charge is 0.331 e. The van der Waals surface area contributed by atoms with Gasteiger partial charge in [0.05, 0.1) is 11.0 Å². The van der Waals surface area contributed by atoms with Crippen LogP contribution in [0.1, 0.15) is 17.8 Å². The topological polar surface area (TPSA) is 43.8 Å². The number of hydrogen-bond donors (Lipinski definition) is 1. The van der Waals surface area contributed by atoms with E-state index in [-0.39, 0.29) is 0 Å². The first-order chi connectivity index (χ1) is 7.65. The fourth-order valence-electron chi connectivity index (χ4n) is 1.90. The molecule has 0 spiro atoms. The van der Waals surface area contributed by atoms with Crippen molar-refractivity contribution >= 4 is 22.6 Å². The fourth-order valence-corrected chi connectivity index (χ4v) is 2.05. The molecule has 2 aromatic rings. The summed E-state index contributed by atoms with van der Waals surface area (Å²) in [5, 5.41) is 0.774. The number of rotatable bonds is 3. The molecule has 1 aromatic carbocycles. The maximum Gasteiger partial charge on any atom is 0.109 e. The van der Waals surface area contributed by atoms with E-state index in [1.807, 2.05) is 26.1 Å². The molecule has 2 N–H and O–H groups in total. The van der Waals surface area contributed by atoms with E-state index in [0.717, 1.165) is 40.3 Å². The second-order valence-electron chi connectivity index (χ2n) is 4.02. The van der Waals surface area contributed by atoms with Gasteiger partial charge in [0.15, 0.2) is 0 Å². The third-order valence-corrected chi connectivity index (χ3v) is 3.35. The zero-order chi connectivity index (χ0) is 11.7. The van der Waals surface area contributed by atoms with Gasteiger partial charge in [0.1, 0.15) is 5.82 Å². The van der Waals surface area contributed by atoms with Crippen molar-refractivity contribution in [2.45, 2.75) is 19.8 Å². The summed E-state index contributed by atoms with van der Waals surface area (Å²) in [6.45, 7) is 2.70. The molecule has 0 saturated heterocycles. The average Bonchev–Trinajstić information content (AvgIpc) is 2.59. The number of benzene rings is 1. The normalized spacial score (nSPS) is 11.2. The zero-order valence-corrected chi connectivity index (χ0v) is 10.4. The number of nitrogens with zero attached hydrogens (tertiary/aromatic N) is 2. The van der Waals surface area contributed by atoms with E-state index in [0.29, 0.717) is 6.54 Å². The van der Waals surface area contributed by atoms with Crippen molar-refractivity contribution < 1.29 is 0 Å². The number of imidazole rings is 1. The maximum atomic E-state index is 6.08. The van der Waals surface area contributed by atoms with Crippen LogP contribution in [-0.4, -0.2) is 16.1 Å². The molecule has 0 unspecified atom stereocenters. The highest BCUT2D eigenvalue weighted by Crippen LogP contribution is 2.25. The minimum Gasteiger partial charge on any atom is -0.331 e. The van der Waals surface area contributed by atoms with Crippen molar-refractivity contribution in [3.05, 3.63) is 28.5 Å². The Morgan fingerprint density at radius 2 is 2.19 bits per heavy atom. The Hall–Kier alpha value is -1.06. The molecule has 4 heteroatoms. The van der Waals surface area contributed by atoms with Gasteiger partial charge in [-0.05, 0) is 37.6 Å². The second-order valence-corrected chi connectivity index (χ2v) is 4.43. The van der Waals surface area contributed by atoms with Gasteiger partial charge >= 0.3 is 0 Å². The molecule has 3 nitrogen and oxygen atoms in total. The van der Waals surface area contributed by atoms with Crippen molar-refractivity contribution in [3.63, 3.8) is 0 Å². The molecule has 86 valence electrons. The van der Waals surface area contributed by atoms with E-state index in [4.69, 9.17) is 17.3 Å². The maximum absolute atomic E-state index is 6.08. The summed E-state index contributed by atoms with van der Waals surface area (Å²) in [5.41, 5.74) is 8.70. The van der Waals surface area contributed by atoms with Gasteiger partial charge in [-0.15, -0.1) is 0 Å². The monoisotopic (exact) mass is 237 g/mol. The Balaban J connectivity index is 2.54. The minimum absolute atomic E-state index is 0.697. The first-order valence-electron chi connectivity index (χ1n) is 5.45. The summed E-state index contributed by atoms with van der Waals surface area (Å²) in [4.78, 5) is 4.63. The van der Waals surface area contributed by atoms with Crippen LogP contribution in [0.5, 0.6) is 0 Å². The first kappa shape index (κ1) is 11.4. The number of hydrogen-bond acceptors (Lipinski definition) is 2. The summed E-state index contributed by atoms with van der Waals surface area (Å²) < 4.78 is 2.12. The van der Waals surface area contributed by atoms with Crippen LogP contribution >= 0.6 is 11.6 Å². The molecule has 0 bridgehead atoms. The van der Waals surface area contributed by atoms with Gasteiger partial charge in [-0.3, -0.25) is 0 Å². The third-order valence-electron chi connectivity index (χ3n) is 2.94. The highest BCUT2D eigenvalue weighted by atomic mass is 35.5. The Labute approximate surface area is 100 Å². The predicted octanol–water partition coefficient (Wildman–Crippen LogP) is 2.43. The lowest BCUT2D eigenvalue weighted by Crippen LogP contribution is -2.04. The van der Waals surface area contributed by atoms with Crippen molar-refractivity contribution in [2.75, 3.05) is 6.54 Å². The van der Waals surface area contributed by atoms with Crippen molar-refractivity contribution in [1.29, 1.82) is 0 Å². The van der Waals surface area contributed by atoms with Crippen LogP contribution in [0.4, 0.5) is 0 Å². The van der Waals surface area contributed by atoms with Crippen LogP contribution in [-0.2, 0) is 13.5 Å². The standard InChI is InChI=1S/C12H16ClN3/c1-8-9(13)5-6-10-12(8)15-11(16(10)2)4-3-7-14/h5-6H,3-4,7,14H2,1-2H3. The van der Waals surface area contributed by atoms with Gasteiger partial charge in [0, 0.05) is 18.5 Å². The highest BCUT2D eigenvalue weighted by Gasteiger charge is 2.10. The van der Waals surface area contributed by atoms with Gasteiger partial charge in [-0.25, -0.2) is 4.98 Å². The Kier molecular flexibility index (Phi) is 3.17. The molecule has 2 rings (SSSR count). The molecular formula is C12H16ClN3. The molecule has 0 amide bonds. The SMILES string of the molecule is Cc1c(Cl)ccc2c1nc(CCCN)n2C. The second kappa shape index (κ2) is 4.44. The molecule has 0 aliphatic heterocycles. The Morgan fingerprint density at radius 3 is 2.88 bits per heavy atom. The van der Waals surface area contributed by atoms with Crippen molar-refractivity contribution in [3.8, 4) is 0 Å². The summed E-state index contributed by atoms with van der Waals surface area (Å²) in [6, 6.07) is 3.94. The van der Waals surface area contributed by atoms with Crippen LogP contribution in [0, 0.1) is 6.92 Å². The number of aromatic nitrogens is 2. The molecule has 0 atom stereocenters. The lowest BCUT2D eigenvalue weighted by atomic mass is 10.2. The number of nitrogens with two attached hydrogens (primary N) is 1. The van der Waals surface area contributed by atoms with Crippen LogP contribution in [0.25, 0.3) is 11.0 Å². The molecule has 0 saturated carbocycles. The van der Waals surface area contributed by atoms with E-state index >= 15 is 0 Å². The third kappa shape index (κ3) is 1.81. The summed E-state index contributed by atoms with van der Waals surface area (Å²) in [7, 11) is 2.04. The lowest BCUT2D eigenvalue weighted by molar-refractivity contribution is 0.741.